The third-order valence-corrected chi connectivity index (χ3v) is 6.54. The van der Waals surface area contributed by atoms with E-state index in [0.29, 0.717) is 22.1 Å². The highest BCUT2D eigenvalue weighted by Crippen LogP contribution is 2.32. The fraction of sp³-hybridized carbons (Fsp3) is 0.300. The highest BCUT2D eigenvalue weighted by molar-refractivity contribution is 7.12. The summed E-state index contributed by atoms with van der Waals surface area (Å²) in [5.74, 6) is -0.695. The summed E-state index contributed by atoms with van der Waals surface area (Å²) >= 11 is 7.55. The molecule has 0 fully saturated rings. The van der Waals surface area contributed by atoms with Gasteiger partial charge < -0.3 is 10.8 Å². The zero-order chi connectivity index (χ0) is 21.3. The van der Waals surface area contributed by atoms with Crippen LogP contribution < -0.4 is 5.73 Å². The predicted molar refractivity (Wildman–Crippen MR) is 112 cm³/mol. The molecular weight excluding hydrogens is 410 g/mol. The molecule has 2 aromatic heterocycles. The highest BCUT2D eigenvalue weighted by Gasteiger charge is 2.23. The number of hydrogen-bond donors (Lipinski definition) is 2. The minimum atomic E-state index is -0.764. The molecule has 0 spiro atoms. The second-order valence-electron chi connectivity index (χ2n) is 6.84. The van der Waals surface area contributed by atoms with Crippen LogP contribution >= 0.6 is 22.9 Å². The van der Waals surface area contributed by atoms with E-state index < -0.39 is 12.0 Å². The van der Waals surface area contributed by atoms with Crippen molar-refractivity contribution in [1.29, 1.82) is 5.26 Å². The van der Waals surface area contributed by atoms with Gasteiger partial charge in [-0.1, -0.05) is 24.6 Å². The summed E-state index contributed by atoms with van der Waals surface area (Å²) in [6.45, 7) is 5.92. The number of hydrogen-bond acceptors (Lipinski definition) is 6. The van der Waals surface area contributed by atoms with E-state index >= 15 is 0 Å². The van der Waals surface area contributed by atoms with Crippen LogP contribution in [0.5, 0.6) is 0 Å². The molecule has 3 rings (SSSR count). The Kier molecular flexibility index (Phi) is 6.03. The number of halogens is 1. The first-order valence-corrected chi connectivity index (χ1v) is 10.1. The summed E-state index contributed by atoms with van der Waals surface area (Å²) in [5.41, 5.74) is 8.47. The van der Waals surface area contributed by atoms with Gasteiger partial charge in [-0.15, -0.1) is 11.3 Å². The van der Waals surface area contributed by atoms with Gasteiger partial charge in [0, 0.05) is 29.1 Å². The topological polar surface area (TPSA) is 118 Å². The fourth-order valence-corrected chi connectivity index (χ4v) is 4.32. The first-order valence-electron chi connectivity index (χ1n) is 8.94. The molecule has 29 heavy (non-hydrogen) atoms. The Morgan fingerprint density at radius 3 is 2.76 bits per heavy atom. The molecule has 2 heterocycles. The van der Waals surface area contributed by atoms with Gasteiger partial charge in [0.05, 0.1) is 16.3 Å². The standard InChI is InChI=1S/C20H20ClN5O2S/c1-10(18-17(19(23)28)24-20(29-18)12(3)27)9-26-7-6-15(25-26)14-5-4-13(8-22)16(21)11(14)2/h4-7,10,12,27H,9H2,1-3H3,(H2,23,28)/t10-,12?/m0/s1. The molecule has 3 N–H and O–H groups in total. The van der Waals surface area contributed by atoms with Gasteiger partial charge in [0.25, 0.3) is 5.91 Å². The lowest BCUT2D eigenvalue weighted by Gasteiger charge is -2.11. The van der Waals surface area contributed by atoms with Crippen LogP contribution in [0.4, 0.5) is 0 Å². The average Bonchev–Trinajstić information content (AvgIpc) is 3.31. The molecule has 3 aromatic rings. The van der Waals surface area contributed by atoms with E-state index in [1.165, 1.54) is 11.3 Å². The summed E-state index contributed by atoms with van der Waals surface area (Å²) in [4.78, 5) is 16.7. The summed E-state index contributed by atoms with van der Waals surface area (Å²) in [6, 6.07) is 7.46. The van der Waals surface area contributed by atoms with Crippen LogP contribution in [0.2, 0.25) is 5.02 Å². The Balaban J connectivity index is 1.87. The monoisotopic (exact) mass is 429 g/mol. The summed E-state index contributed by atoms with van der Waals surface area (Å²) in [5, 5.41) is 24.4. The van der Waals surface area contributed by atoms with Crippen LogP contribution in [0.25, 0.3) is 11.3 Å². The largest absolute Gasteiger partial charge is 0.386 e. The van der Waals surface area contributed by atoms with Crippen molar-refractivity contribution in [3.63, 3.8) is 0 Å². The number of amides is 1. The van der Waals surface area contributed by atoms with E-state index in [4.69, 9.17) is 22.6 Å². The third kappa shape index (κ3) is 4.17. The normalized spacial score (nSPS) is 13.1. The third-order valence-electron chi connectivity index (χ3n) is 4.59. The smallest absolute Gasteiger partial charge is 0.268 e. The quantitative estimate of drug-likeness (QED) is 0.617. The molecule has 0 aliphatic carbocycles. The van der Waals surface area contributed by atoms with E-state index in [9.17, 15) is 9.90 Å². The maximum atomic E-state index is 11.8. The van der Waals surface area contributed by atoms with Crippen molar-refractivity contribution in [3.8, 4) is 17.3 Å². The number of nitriles is 1. The van der Waals surface area contributed by atoms with Crippen LogP contribution in [-0.2, 0) is 6.54 Å². The Morgan fingerprint density at radius 2 is 2.14 bits per heavy atom. The maximum absolute atomic E-state index is 11.8. The van der Waals surface area contributed by atoms with Gasteiger partial charge in [-0.2, -0.15) is 10.4 Å². The fourth-order valence-electron chi connectivity index (χ4n) is 3.06. The number of primary amides is 1. The van der Waals surface area contributed by atoms with E-state index in [-0.39, 0.29) is 11.6 Å². The first kappa shape index (κ1) is 21.0. The molecule has 7 nitrogen and oxygen atoms in total. The van der Waals surface area contributed by atoms with Crippen molar-refractivity contribution in [2.45, 2.75) is 39.3 Å². The van der Waals surface area contributed by atoms with E-state index in [1.54, 1.807) is 17.7 Å². The number of aliphatic hydroxyl groups excluding tert-OH is 1. The van der Waals surface area contributed by atoms with Gasteiger partial charge in [0.1, 0.15) is 22.9 Å². The molecular formula is C20H20ClN5O2S. The number of aromatic nitrogens is 3. The lowest BCUT2D eigenvalue weighted by atomic mass is 10.0. The molecule has 0 saturated carbocycles. The van der Waals surface area contributed by atoms with E-state index in [1.807, 2.05) is 32.2 Å². The molecule has 1 amide bonds. The minimum Gasteiger partial charge on any atom is -0.386 e. The Labute approximate surface area is 177 Å². The molecule has 1 aromatic carbocycles. The number of aliphatic hydroxyl groups is 1. The van der Waals surface area contributed by atoms with Crippen molar-refractivity contribution in [1.82, 2.24) is 14.8 Å². The van der Waals surface area contributed by atoms with E-state index in [2.05, 4.69) is 16.2 Å². The van der Waals surface area contributed by atoms with Crippen molar-refractivity contribution in [2.75, 3.05) is 0 Å². The van der Waals surface area contributed by atoms with Gasteiger partial charge in [0.2, 0.25) is 0 Å². The van der Waals surface area contributed by atoms with Gasteiger partial charge in [-0.3, -0.25) is 9.48 Å². The van der Waals surface area contributed by atoms with Crippen LogP contribution in [0.3, 0.4) is 0 Å². The maximum Gasteiger partial charge on any atom is 0.268 e. The Morgan fingerprint density at radius 1 is 1.41 bits per heavy atom. The van der Waals surface area contributed by atoms with Gasteiger partial charge in [-0.05, 0) is 31.5 Å². The number of carbonyl (C=O) groups excluding carboxylic acids is 1. The summed E-state index contributed by atoms with van der Waals surface area (Å²) in [6.07, 6.45) is 1.08. The number of benzene rings is 1. The first-order chi connectivity index (χ1) is 13.7. The molecule has 0 saturated heterocycles. The zero-order valence-electron chi connectivity index (χ0n) is 16.2. The molecule has 1 unspecified atom stereocenters. The summed E-state index contributed by atoms with van der Waals surface area (Å²) < 4.78 is 1.78. The number of nitrogens with two attached hydrogens (primary N) is 1. The van der Waals surface area contributed by atoms with E-state index in [0.717, 1.165) is 21.7 Å². The second-order valence-corrected chi connectivity index (χ2v) is 8.28. The molecule has 2 atom stereocenters. The van der Waals surface area contributed by atoms with Crippen LogP contribution in [-0.4, -0.2) is 25.8 Å². The van der Waals surface area contributed by atoms with Crippen molar-refractivity contribution < 1.29 is 9.90 Å². The van der Waals surface area contributed by atoms with Crippen LogP contribution in [0.1, 0.15) is 57.4 Å². The molecule has 0 aliphatic rings. The predicted octanol–water partition coefficient (Wildman–Crippen LogP) is 3.80. The number of rotatable bonds is 6. The molecule has 150 valence electrons. The highest BCUT2D eigenvalue weighted by atomic mass is 35.5. The van der Waals surface area contributed by atoms with Gasteiger partial charge in [-0.25, -0.2) is 4.98 Å². The van der Waals surface area contributed by atoms with Crippen LogP contribution in [0, 0.1) is 18.3 Å². The van der Waals surface area contributed by atoms with Gasteiger partial charge in [0.15, 0.2) is 0 Å². The number of thiazole rings is 1. The lowest BCUT2D eigenvalue weighted by molar-refractivity contribution is 0.0994. The summed E-state index contributed by atoms with van der Waals surface area (Å²) in [7, 11) is 0. The molecule has 0 aliphatic heterocycles. The van der Waals surface area contributed by atoms with Gasteiger partial charge >= 0.3 is 0 Å². The van der Waals surface area contributed by atoms with Crippen molar-refractivity contribution in [2.24, 2.45) is 5.73 Å². The molecule has 0 radical (unpaired) electrons. The van der Waals surface area contributed by atoms with Crippen molar-refractivity contribution >= 4 is 28.8 Å². The molecule has 0 bridgehead atoms. The minimum absolute atomic E-state index is 0.0825. The Hall–Kier alpha value is -2.73. The zero-order valence-corrected chi connectivity index (χ0v) is 17.8. The SMILES string of the molecule is Cc1c(-c2ccn(C[C@H](C)c3sc(C(C)O)nc3C(N)=O)n2)ccc(C#N)c1Cl. The van der Waals surface area contributed by atoms with Crippen molar-refractivity contribution in [3.05, 3.63) is 56.1 Å². The second kappa shape index (κ2) is 8.33. The number of carbonyl (C=O) groups is 1. The molecule has 9 heteroatoms. The Bertz CT molecular complexity index is 1110. The average molecular weight is 430 g/mol. The lowest BCUT2D eigenvalue weighted by Crippen LogP contribution is -2.16. The number of nitrogens with zero attached hydrogens (tertiary/aromatic N) is 4. The van der Waals surface area contributed by atoms with Crippen LogP contribution in [0.15, 0.2) is 24.4 Å².